The molecule has 25 heteroatoms. The summed E-state index contributed by atoms with van der Waals surface area (Å²) in [5, 5.41) is 30.9. The van der Waals surface area contributed by atoms with E-state index in [1.54, 1.807) is 61.9 Å². The Kier molecular flexibility index (Phi) is 29.7. The number of benzene rings is 1. The van der Waals surface area contributed by atoms with Crippen molar-refractivity contribution in [1.29, 1.82) is 0 Å². The van der Waals surface area contributed by atoms with E-state index in [0.29, 0.717) is 43.0 Å². The third-order valence-electron chi connectivity index (χ3n) is 17.5. The first kappa shape index (κ1) is 72.9. The van der Waals surface area contributed by atoms with Gasteiger partial charge in [0.05, 0.1) is 75.1 Å². The monoisotopic (exact) mass is 1220 g/mol. The van der Waals surface area contributed by atoms with E-state index in [1.165, 1.54) is 14.2 Å². The van der Waals surface area contributed by atoms with Gasteiger partial charge in [-0.25, -0.2) is 4.79 Å². The van der Waals surface area contributed by atoms with Crippen molar-refractivity contribution >= 4 is 64.9 Å². The molecule has 87 heavy (non-hydrogen) atoms. The second kappa shape index (κ2) is 35.5. The molecule has 14 atom stereocenters. The lowest BCUT2D eigenvalue weighted by Crippen LogP contribution is -2.59. The fourth-order valence-electron chi connectivity index (χ4n) is 12.0. The highest BCUT2D eigenvalue weighted by Gasteiger charge is 2.45. The molecule has 0 spiro atoms. The van der Waals surface area contributed by atoms with Crippen molar-refractivity contribution in [3.05, 3.63) is 42.0 Å². The van der Waals surface area contributed by atoms with E-state index in [0.717, 1.165) is 23.5 Å². The molecule has 2 fully saturated rings. The van der Waals surface area contributed by atoms with Crippen molar-refractivity contribution in [2.24, 2.45) is 41.2 Å². The third-order valence-corrected chi connectivity index (χ3v) is 17.5. The van der Waals surface area contributed by atoms with Crippen LogP contribution in [0.25, 0.3) is 0 Å². The molecule has 4 rings (SSSR count). The van der Waals surface area contributed by atoms with Crippen molar-refractivity contribution in [2.45, 2.75) is 188 Å². The lowest BCUT2D eigenvalue weighted by Gasteiger charge is -2.41. The topological polar surface area (TPSA) is 339 Å². The molecule has 0 aliphatic carbocycles. The first-order valence-corrected chi connectivity index (χ1v) is 31.0. The summed E-state index contributed by atoms with van der Waals surface area (Å²) in [4.78, 5) is 137. The summed E-state index contributed by atoms with van der Waals surface area (Å²) in [6.07, 6.45) is 3.93. The van der Waals surface area contributed by atoms with Crippen LogP contribution < -0.4 is 43.0 Å². The highest BCUT2D eigenvalue weighted by atomic mass is 16.5. The molecule has 488 valence electrons. The number of hydrogen-bond donors (Lipinski definition) is 9. The van der Waals surface area contributed by atoms with Gasteiger partial charge in [-0.3, -0.25) is 48.1 Å². The van der Waals surface area contributed by atoms with Gasteiger partial charge in [0.15, 0.2) is 0 Å². The Bertz CT molecular complexity index is 2510. The summed E-state index contributed by atoms with van der Waals surface area (Å²) in [7, 11) is 4.73. The van der Waals surface area contributed by atoms with Crippen LogP contribution in [0.15, 0.2) is 36.4 Å². The molecule has 0 radical (unpaired) electrons. The van der Waals surface area contributed by atoms with E-state index in [2.05, 4.69) is 58.0 Å². The summed E-state index contributed by atoms with van der Waals surface area (Å²) < 4.78 is 17.6. The zero-order valence-electron chi connectivity index (χ0n) is 53.5. The number of rotatable bonds is 36. The van der Waals surface area contributed by atoms with Crippen molar-refractivity contribution in [3.63, 3.8) is 0 Å². The number of ether oxygens (including phenoxy) is 3. The van der Waals surface area contributed by atoms with Crippen LogP contribution in [-0.4, -0.2) is 200 Å². The first-order valence-electron chi connectivity index (χ1n) is 31.0. The number of aliphatic hydroxyl groups is 1. The van der Waals surface area contributed by atoms with Crippen LogP contribution in [0, 0.1) is 35.5 Å². The number of carbonyl (C=O) groups is 10. The second-order valence-corrected chi connectivity index (χ2v) is 24.3. The average molecular weight is 1220 g/mol. The van der Waals surface area contributed by atoms with Crippen LogP contribution in [-0.2, 0) is 63.8 Å². The van der Waals surface area contributed by atoms with Gasteiger partial charge >= 0.3 is 6.03 Å². The maximum atomic E-state index is 14.5. The van der Waals surface area contributed by atoms with Crippen LogP contribution in [0.5, 0.6) is 0 Å². The normalized spacial score (nSPS) is 21.5. The molecular weight excluding hydrogens is 1120 g/mol. The number of nitrogens with two attached hydrogens (primary N) is 1. The molecule has 2 saturated heterocycles. The number of nitrogens with one attached hydrogen (secondary N) is 7. The van der Waals surface area contributed by atoms with Gasteiger partial charge in [0.1, 0.15) is 18.1 Å². The lowest BCUT2D eigenvalue weighted by molar-refractivity contribution is -0.147. The first-order chi connectivity index (χ1) is 41.2. The fourth-order valence-corrected chi connectivity index (χ4v) is 12.0. The molecule has 0 aromatic heterocycles. The van der Waals surface area contributed by atoms with Gasteiger partial charge in [-0.1, -0.05) is 87.8 Å². The number of aliphatic hydroxyl groups excluding tert-OH is 1. The molecule has 1 aromatic carbocycles. The maximum absolute atomic E-state index is 14.5. The largest absolute Gasteiger partial charge is 0.394 e. The molecule has 3 heterocycles. The van der Waals surface area contributed by atoms with Crippen molar-refractivity contribution in [2.75, 3.05) is 66.0 Å². The summed E-state index contributed by atoms with van der Waals surface area (Å²) in [5.74, 6) is -4.92. The number of likely N-dealkylation sites (tertiary alicyclic amines) is 1. The molecule has 10 N–H and O–H groups in total. The Balaban J connectivity index is 1.39. The maximum Gasteiger partial charge on any atom is 0.312 e. The predicted octanol–water partition coefficient (Wildman–Crippen LogP) is 2.13. The number of urea groups is 1. The minimum absolute atomic E-state index is 0.0102. The minimum atomic E-state index is -1.14. The minimum Gasteiger partial charge on any atom is -0.394 e. The van der Waals surface area contributed by atoms with Crippen LogP contribution in [0.4, 0.5) is 10.5 Å². The number of primary amides is 1. The Morgan fingerprint density at radius 3 is 2.11 bits per heavy atom. The van der Waals surface area contributed by atoms with Gasteiger partial charge in [-0.05, 0) is 85.8 Å². The van der Waals surface area contributed by atoms with Crippen molar-refractivity contribution in [1.82, 2.24) is 46.6 Å². The van der Waals surface area contributed by atoms with E-state index in [9.17, 15) is 53.1 Å². The highest BCUT2D eigenvalue weighted by Crippen LogP contribution is 2.31. The van der Waals surface area contributed by atoms with Gasteiger partial charge in [0, 0.05) is 64.7 Å². The molecule has 4 unspecified atom stereocenters. The number of imide groups is 1. The quantitative estimate of drug-likeness (QED) is 0.0343. The number of amides is 11. The number of methoxy groups -OCH3 is 2. The molecule has 0 saturated carbocycles. The zero-order chi connectivity index (χ0) is 64.8. The van der Waals surface area contributed by atoms with E-state index in [-0.39, 0.29) is 99.9 Å². The molecular formula is C62H101N11O14. The molecule has 1 aromatic rings. The summed E-state index contributed by atoms with van der Waals surface area (Å²) in [6.45, 7) is 19.3. The van der Waals surface area contributed by atoms with Gasteiger partial charge < -0.3 is 72.1 Å². The highest BCUT2D eigenvalue weighted by molar-refractivity contribution is 6.12. The predicted molar refractivity (Wildman–Crippen MR) is 327 cm³/mol. The van der Waals surface area contributed by atoms with E-state index >= 15 is 0 Å². The standard InChI is InChI=1S/C62H101N11O14/c1-14-37(7)55(71(11)61(83)53(36(5)6)70-60(82)54-39(9)38(8)44(15-2)67-54)47(85-12)33-51(78)72-27-18-22-46(72)56(86-13)40(10)57(79)66-43(34-74)32-41-19-16-20-42(31-41)65-58(80)45(21-17-26-64-62(63)84)68-59(81)52(35(3)4)69-48(75)25-29-87-30-28-73-49(76)23-24-50(73)77/h16,19-20,23-24,31,35-40,43-47,52-56,67,74H,14-15,17-18,21-22,25-30,32-34H2,1-13H3,(H,65,80)(H,66,79)(H,68,81)(H,69,75)(H,70,82)(H3,63,64,84)/t37-,38-,39?,40+,43-,44?,45-,46-,47+,52?,53-,54-,55?,56+/m0/s1. The second-order valence-electron chi connectivity index (χ2n) is 24.3. The summed E-state index contributed by atoms with van der Waals surface area (Å²) in [5.41, 5.74) is 6.24. The van der Waals surface area contributed by atoms with Crippen LogP contribution in [0.3, 0.4) is 0 Å². The van der Waals surface area contributed by atoms with E-state index in [1.807, 2.05) is 27.7 Å². The van der Waals surface area contributed by atoms with Crippen LogP contribution in [0.1, 0.15) is 126 Å². The molecule has 3 aliphatic heterocycles. The summed E-state index contributed by atoms with van der Waals surface area (Å²) in [6, 6.07) is 0.961. The number of likely N-dealkylation sites (N-methyl/N-ethyl adjacent to an activating group) is 1. The van der Waals surface area contributed by atoms with Crippen LogP contribution in [0.2, 0.25) is 0 Å². The van der Waals surface area contributed by atoms with E-state index < -0.39 is 114 Å². The number of nitrogens with zero attached hydrogens (tertiary/aromatic N) is 3. The number of hydrogen-bond acceptors (Lipinski definition) is 15. The van der Waals surface area contributed by atoms with Gasteiger partial charge in [-0.15, -0.1) is 0 Å². The lowest BCUT2D eigenvalue weighted by atomic mass is 9.88. The Hall–Kier alpha value is -6.54. The van der Waals surface area contributed by atoms with Gasteiger partial charge in [-0.2, -0.15) is 0 Å². The SMILES string of the molecule is CCC1N[C@H](C(=O)N[C@H](C(=O)N(C)C([C@@H](C)CC)[C@@H](CC(=O)N2CCC[C@H]2[C@H](OC)[C@@H](C)C(=O)N[C@H](CO)Cc2cccc(NC(=O)[C@H](CCCNC(N)=O)NC(=O)C(NC(=O)CCOCCN3C(=O)C=CC3=O)C(C)C)c2)OC)C(C)C)C(C)[C@@H]1C. The number of carbonyl (C=O) groups excluding carboxylic acids is 10. The fraction of sp³-hybridized carbons (Fsp3) is 0.710. The number of anilines is 1. The Morgan fingerprint density at radius 1 is 0.851 bits per heavy atom. The van der Waals surface area contributed by atoms with E-state index in [4.69, 9.17) is 19.9 Å². The zero-order valence-corrected chi connectivity index (χ0v) is 53.5. The Labute approximate surface area is 513 Å². The van der Waals surface area contributed by atoms with Gasteiger partial charge in [0.2, 0.25) is 41.4 Å². The summed E-state index contributed by atoms with van der Waals surface area (Å²) >= 11 is 0. The van der Waals surface area contributed by atoms with Crippen LogP contribution >= 0.6 is 0 Å². The van der Waals surface area contributed by atoms with Crippen molar-refractivity contribution in [3.8, 4) is 0 Å². The molecule has 11 amide bonds. The van der Waals surface area contributed by atoms with Crippen molar-refractivity contribution < 1.29 is 67.3 Å². The average Bonchev–Trinajstić information content (AvgIpc) is 2.30. The molecule has 0 bridgehead atoms. The molecule has 25 nitrogen and oxygen atoms in total. The smallest absolute Gasteiger partial charge is 0.312 e. The third kappa shape index (κ3) is 20.8. The molecule has 3 aliphatic rings. The van der Waals surface area contributed by atoms with Gasteiger partial charge in [0.25, 0.3) is 11.8 Å². The Morgan fingerprint density at radius 2 is 1.53 bits per heavy atom.